The fraction of sp³-hybridized carbons (Fsp3) is 0.417. The lowest BCUT2D eigenvalue weighted by Gasteiger charge is -2.15. The maximum absolute atomic E-state index is 12.8. The molecule has 0 aliphatic heterocycles. The van der Waals surface area contributed by atoms with Crippen molar-refractivity contribution in [3.8, 4) is 0 Å². The van der Waals surface area contributed by atoms with Crippen molar-refractivity contribution < 1.29 is 22.7 Å². The Kier molecular flexibility index (Phi) is 4.77. The SMILES string of the molecule is CC(C)OC(=O)Nc1ccc(CN)cc1C(F)(F)F. The summed E-state index contributed by atoms with van der Waals surface area (Å²) in [6.45, 7) is 3.18. The van der Waals surface area contributed by atoms with Crippen LogP contribution >= 0.6 is 0 Å². The number of alkyl halides is 3. The molecule has 0 bridgehead atoms. The van der Waals surface area contributed by atoms with E-state index in [1.165, 1.54) is 6.07 Å². The van der Waals surface area contributed by atoms with Gasteiger partial charge in [-0.2, -0.15) is 13.2 Å². The van der Waals surface area contributed by atoms with E-state index in [-0.39, 0.29) is 12.2 Å². The minimum atomic E-state index is -4.58. The predicted molar refractivity (Wildman–Crippen MR) is 64.6 cm³/mol. The van der Waals surface area contributed by atoms with E-state index in [0.717, 1.165) is 12.1 Å². The zero-order valence-electron chi connectivity index (χ0n) is 10.5. The van der Waals surface area contributed by atoms with Crippen molar-refractivity contribution in [2.45, 2.75) is 32.7 Å². The number of carbonyl (C=O) groups excluding carboxylic acids is 1. The first-order valence-electron chi connectivity index (χ1n) is 5.62. The molecule has 0 fully saturated rings. The number of nitrogens with one attached hydrogen (secondary N) is 1. The first-order valence-corrected chi connectivity index (χ1v) is 5.62. The number of rotatable bonds is 3. The van der Waals surface area contributed by atoms with Crippen LogP contribution in [0.3, 0.4) is 0 Å². The first-order chi connectivity index (χ1) is 8.74. The molecule has 1 rings (SSSR count). The molecule has 0 spiro atoms. The molecule has 106 valence electrons. The number of carbonyl (C=O) groups is 1. The number of benzene rings is 1. The number of nitrogens with two attached hydrogens (primary N) is 1. The molecule has 0 unspecified atom stereocenters. The Morgan fingerprint density at radius 3 is 2.53 bits per heavy atom. The lowest BCUT2D eigenvalue weighted by molar-refractivity contribution is -0.137. The molecule has 0 aliphatic rings. The molecule has 1 aromatic rings. The van der Waals surface area contributed by atoms with Gasteiger partial charge in [-0.3, -0.25) is 5.32 Å². The Labute approximate surface area is 108 Å². The van der Waals surface area contributed by atoms with Crippen molar-refractivity contribution in [1.29, 1.82) is 0 Å². The molecular weight excluding hydrogens is 261 g/mol. The molecule has 0 saturated carbocycles. The van der Waals surface area contributed by atoms with Crippen LogP contribution in [0.5, 0.6) is 0 Å². The summed E-state index contributed by atoms with van der Waals surface area (Å²) in [5, 5.41) is 2.08. The fourth-order valence-corrected chi connectivity index (χ4v) is 1.42. The minimum absolute atomic E-state index is 0.0141. The summed E-state index contributed by atoms with van der Waals surface area (Å²) in [6.07, 6.45) is -5.93. The predicted octanol–water partition coefficient (Wildman–Crippen LogP) is 3.12. The number of hydrogen-bond acceptors (Lipinski definition) is 3. The van der Waals surface area contributed by atoms with Crippen LogP contribution in [0.25, 0.3) is 0 Å². The summed E-state index contributed by atoms with van der Waals surface area (Å²) in [7, 11) is 0. The van der Waals surface area contributed by atoms with E-state index >= 15 is 0 Å². The second-order valence-electron chi connectivity index (χ2n) is 4.16. The Morgan fingerprint density at radius 1 is 1.42 bits per heavy atom. The molecule has 0 aliphatic carbocycles. The Hall–Kier alpha value is -1.76. The molecule has 1 amide bonds. The van der Waals surface area contributed by atoms with Crippen LogP contribution in [0.15, 0.2) is 18.2 Å². The monoisotopic (exact) mass is 276 g/mol. The lowest BCUT2D eigenvalue weighted by atomic mass is 10.1. The van der Waals surface area contributed by atoms with Crippen LogP contribution in [-0.2, 0) is 17.5 Å². The molecule has 0 atom stereocenters. The summed E-state index contributed by atoms with van der Waals surface area (Å²) in [6, 6.07) is 3.48. The van der Waals surface area contributed by atoms with Gasteiger partial charge in [0.1, 0.15) is 0 Å². The van der Waals surface area contributed by atoms with Gasteiger partial charge in [-0.1, -0.05) is 6.07 Å². The van der Waals surface area contributed by atoms with Crippen LogP contribution < -0.4 is 11.1 Å². The normalized spacial score (nSPS) is 11.5. The van der Waals surface area contributed by atoms with Crippen molar-refractivity contribution in [3.63, 3.8) is 0 Å². The summed E-state index contributed by atoms with van der Waals surface area (Å²) in [5.74, 6) is 0. The van der Waals surface area contributed by atoms with E-state index in [1.54, 1.807) is 13.8 Å². The topological polar surface area (TPSA) is 64.3 Å². The van der Waals surface area contributed by atoms with E-state index in [9.17, 15) is 18.0 Å². The van der Waals surface area contributed by atoms with Gasteiger partial charge in [-0.15, -0.1) is 0 Å². The molecule has 4 nitrogen and oxygen atoms in total. The van der Waals surface area contributed by atoms with Gasteiger partial charge in [0.2, 0.25) is 0 Å². The van der Waals surface area contributed by atoms with Gasteiger partial charge in [0, 0.05) is 6.54 Å². The van der Waals surface area contributed by atoms with Crippen LogP contribution in [-0.4, -0.2) is 12.2 Å². The van der Waals surface area contributed by atoms with Crippen molar-refractivity contribution >= 4 is 11.8 Å². The van der Waals surface area contributed by atoms with E-state index < -0.39 is 23.9 Å². The highest BCUT2D eigenvalue weighted by Gasteiger charge is 2.34. The molecule has 7 heteroatoms. The quantitative estimate of drug-likeness (QED) is 0.891. The first kappa shape index (κ1) is 15.3. The summed E-state index contributed by atoms with van der Waals surface area (Å²) < 4.78 is 43.3. The van der Waals surface area contributed by atoms with Gasteiger partial charge in [0.15, 0.2) is 0 Å². The summed E-state index contributed by atoms with van der Waals surface area (Å²) >= 11 is 0. The van der Waals surface area contributed by atoms with Crippen molar-refractivity contribution in [2.75, 3.05) is 5.32 Å². The Bertz CT molecular complexity index is 459. The van der Waals surface area contributed by atoms with E-state index in [1.807, 2.05) is 0 Å². The van der Waals surface area contributed by atoms with Crippen LogP contribution in [0.1, 0.15) is 25.0 Å². The smallest absolute Gasteiger partial charge is 0.418 e. The zero-order chi connectivity index (χ0) is 14.6. The minimum Gasteiger partial charge on any atom is -0.447 e. The van der Waals surface area contributed by atoms with Gasteiger partial charge in [0.05, 0.1) is 17.4 Å². The number of ether oxygens (including phenoxy) is 1. The van der Waals surface area contributed by atoms with Gasteiger partial charge in [-0.25, -0.2) is 4.79 Å². The van der Waals surface area contributed by atoms with Crippen LogP contribution in [0, 0.1) is 0 Å². The second-order valence-corrected chi connectivity index (χ2v) is 4.16. The molecule has 0 heterocycles. The Morgan fingerprint density at radius 2 is 2.05 bits per heavy atom. The lowest BCUT2D eigenvalue weighted by Crippen LogP contribution is -2.20. The van der Waals surface area contributed by atoms with Crippen LogP contribution in [0.2, 0.25) is 0 Å². The third-order valence-electron chi connectivity index (χ3n) is 2.20. The summed E-state index contributed by atoms with van der Waals surface area (Å²) in [4.78, 5) is 11.3. The van der Waals surface area contributed by atoms with Crippen molar-refractivity contribution in [2.24, 2.45) is 5.73 Å². The molecule has 3 N–H and O–H groups in total. The number of hydrogen-bond donors (Lipinski definition) is 2. The third kappa shape index (κ3) is 4.44. The molecule has 19 heavy (non-hydrogen) atoms. The highest BCUT2D eigenvalue weighted by Crippen LogP contribution is 2.35. The largest absolute Gasteiger partial charge is 0.447 e. The van der Waals surface area contributed by atoms with Crippen molar-refractivity contribution in [3.05, 3.63) is 29.3 Å². The number of amides is 1. The second kappa shape index (κ2) is 5.92. The summed E-state index contributed by atoms with van der Waals surface area (Å²) in [5.41, 5.74) is 4.33. The average Bonchev–Trinajstić information content (AvgIpc) is 2.26. The highest BCUT2D eigenvalue weighted by atomic mass is 19.4. The molecule has 1 aromatic carbocycles. The average molecular weight is 276 g/mol. The molecule has 0 radical (unpaired) electrons. The van der Waals surface area contributed by atoms with E-state index in [2.05, 4.69) is 5.32 Å². The maximum Gasteiger partial charge on any atom is 0.418 e. The number of anilines is 1. The van der Waals surface area contributed by atoms with Gasteiger partial charge < -0.3 is 10.5 Å². The third-order valence-corrected chi connectivity index (χ3v) is 2.20. The zero-order valence-corrected chi connectivity index (χ0v) is 10.5. The highest BCUT2D eigenvalue weighted by molar-refractivity contribution is 5.86. The molecular formula is C12H15F3N2O2. The Balaban J connectivity index is 3.03. The molecule has 0 saturated heterocycles. The van der Waals surface area contributed by atoms with E-state index in [0.29, 0.717) is 5.56 Å². The van der Waals surface area contributed by atoms with Gasteiger partial charge >= 0.3 is 12.3 Å². The standard InChI is InChI=1S/C12H15F3N2O2/c1-7(2)19-11(18)17-10-4-3-8(6-16)5-9(10)12(13,14)15/h3-5,7H,6,16H2,1-2H3,(H,17,18). The molecule has 0 aromatic heterocycles. The van der Waals surface area contributed by atoms with Gasteiger partial charge in [0.25, 0.3) is 0 Å². The van der Waals surface area contributed by atoms with Gasteiger partial charge in [-0.05, 0) is 31.5 Å². The van der Waals surface area contributed by atoms with Crippen LogP contribution in [0.4, 0.5) is 23.7 Å². The fourth-order valence-electron chi connectivity index (χ4n) is 1.42. The maximum atomic E-state index is 12.8. The van der Waals surface area contributed by atoms with Crippen molar-refractivity contribution in [1.82, 2.24) is 0 Å². The van der Waals surface area contributed by atoms with E-state index in [4.69, 9.17) is 10.5 Å². The number of halogens is 3.